The van der Waals surface area contributed by atoms with Gasteiger partial charge in [-0.2, -0.15) is 0 Å². The molecule has 0 bridgehead atoms. The Morgan fingerprint density at radius 2 is 2.24 bits per heavy atom. The number of fused-ring (bicyclic) bond motifs is 1. The third-order valence-corrected chi connectivity index (χ3v) is 4.06. The Hall–Kier alpha value is -0.870. The molecule has 0 aliphatic heterocycles. The minimum atomic E-state index is 0.341. The predicted octanol–water partition coefficient (Wildman–Crippen LogP) is 3.31. The molecule has 0 spiro atoms. The summed E-state index contributed by atoms with van der Waals surface area (Å²) in [5, 5.41) is 0. The van der Waals surface area contributed by atoms with Crippen molar-refractivity contribution in [2.75, 3.05) is 0 Å². The molecule has 1 aromatic carbocycles. The normalized spacial score (nSPS) is 25.3. The van der Waals surface area contributed by atoms with Crippen molar-refractivity contribution in [3.63, 3.8) is 0 Å². The number of nitrogens with two attached hydrogens (primary N) is 1. The lowest BCUT2D eigenvalue weighted by atomic mass is 9.86. The minimum Gasteiger partial charge on any atom is -0.342 e. The summed E-state index contributed by atoms with van der Waals surface area (Å²) >= 11 is 3.48. The maximum absolute atomic E-state index is 6.03. The summed E-state index contributed by atoms with van der Waals surface area (Å²) in [6, 6.07) is 6.49. The average Bonchev–Trinajstić information content (AvgIpc) is 2.72. The molecule has 1 aromatic heterocycles. The molecule has 0 amide bonds. The molecule has 1 heterocycles. The number of halogens is 1. The molecule has 1 aliphatic rings. The van der Waals surface area contributed by atoms with Crippen molar-refractivity contribution in [1.29, 1.82) is 0 Å². The zero-order valence-electron chi connectivity index (χ0n) is 9.62. The van der Waals surface area contributed by atoms with Crippen LogP contribution in [0.5, 0.6) is 0 Å². The summed E-state index contributed by atoms with van der Waals surface area (Å²) in [5.41, 5.74) is 8.18. The highest BCUT2D eigenvalue weighted by Gasteiger charge is 2.23. The van der Waals surface area contributed by atoms with Crippen LogP contribution in [0.15, 0.2) is 22.7 Å². The quantitative estimate of drug-likeness (QED) is 0.847. The van der Waals surface area contributed by atoms with Crippen LogP contribution >= 0.6 is 15.9 Å². The monoisotopic (exact) mass is 293 g/mol. The topological polar surface area (TPSA) is 54.7 Å². The molecule has 1 saturated carbocycles. The van der Waals surface area contributed by atoms with Gasteiger partial charge in [-0.1, -0.05) is 22.4 Å². The van der Waals surface area contributed by atoms with E-state index in [9.17, 15) is 0 Å². The number of nitrogens with zero attached hydrogens (tertiary/aromatic N) is 1. The highest BCUT2D eigenvalue weighted by atomic mass is 79.9. The van der Waals surface area contributed by atoms with Crippen LogP contribution in [0.25, 0.3) is 11.0 Å². The molecule has 17 heavy (non-hydrogen) atoms. The maximum Gasteiger partial charge on any atom is 0.110 e. The maximum atomic E-state index is 6.03. The van der Waals surface area contributed by atoms with Gasteiger partial charge in [0, 0.05) is 16.4 Å². The zero-order valence-corrected chi connectivity index (χ0v) is 11.2. The van der Waals surface area contributed by atoms with Gasteiger partial charge in [-0.25, -0.2) is 4.98 Å². The third-order valence-electron chi connectivity index (χ3n) is 3.56. The van der Waals surface area contributed by atoms with Gasteiger partial charge in [0.15, 0.2) is 0 Å². The fourth-order valence-corrected chi connectivity index (χ4v) is 3.03. The molecule has 2 aromatic rings. The van der Waals surface area contributed by atoms with E-state index in [0.717, 1.165) is 34.2 Å². The van der Waals surface area contributed by atoms with Crippen LogP contribution in [0.3, 0.4) is 0 Å². The van der Waals surface area contributed by atoms with Crippen LogP contribution in [0.4, 0.5) is 0 Å². The second-order valence-electron chi connectivity index (χ2n) is 4.91. The molecule has 2 unspecified atom stereocenters. The number of benzene rings is 1. The van der Waals surface area contributed by atoms with Crippen LogP contribution in [-0.2, 0) is 0 Å². The highest BCUT2D eigenvalue weighted by Crippen LogP contribution is 2.31. The fraction of sp³-hybridized carbons (Fsp3) is 0.462. The largest absolute Gasteiger partial charge is 0.342 e. The smallest absolute Gasteiger partial charge is 0.110 e. The Morgan fingerprint density at radius 1 is 1.35 bits per heavy atom. The second-order valence-corrected chi connectivity index (χ2v) is 5.82. The van der Waals surface area contributed by atoms with Crippen molar-refractivity contribution in [1.82, 2.24) is 9.97 Å². The van der Waals surface area contributed by atoms with Crippen LogP contribution in [0.1, 0.15) is 37.4 Å². The van der Waals surface area contributed by atoms with Crippen molar-refractivity contribution in [3.8, 4) is 0 Å². The standard InChI is InChI=1S/C13H16BrN3/c14-9-4-5-11-12(7-9)17-13(16-11)8-2-1-3-10(15)6-8/h4-5,7-8,10H,1-3,6,15H2,(H,16,17). The van der Waals surface area contributed by atoms with Crippen molar-refractivity contribution >= 4 is 27.0 Å². The fourth-order valence-electron chi connectivity index (χ4n) is 2.67. The van der Waals surface area contributed by atoms with Crippen LogP contribution in [0, 0.1) is 0 Å². The Morgan fingerprint density at radius 3 is 3.06 bits per heavy atom. The van der Waals surface area contributed by atoms with Crippen LogP contribution < -0.4 is 5.73 Å². The molecular weight excluding hydrogens is 278 g/mol. The number of hydrogen-bond donors (Lipinski definition) is 2. The number of nitrogens with one attached hydrogen (secondary N) is 1. The molecule has 2 atom stereocenters. The number of hydrogen-bond acceptors (Lipinski definition) is 2. The summed E-state index contributed by atoms with van der Waals surface area (Å²) in [6.45, 7) is 0. The summed E-state index contributed by atoms with van der Waals surface area (Å²) < 4.78 is 1.08. The average molecular weight is 294 g/mol. The molecule has 3 nitrogen and oxygen atoms in total. The predicted molar refractivity (Wildman–Crippen MR) is 73.0 cm³/mol. The lowest BCUT2D eigenvalue weighted by Gasteiger charge is -2.24. The Bertz CT molecular complexity index is 534. The van der Waals surface area contributed by atoms with E-state index in [2.05, 4.69) is 32.0 Å². The first-order valence-corrected chi connectivity index (χ1v) is 6.92. The molecule has 0 saturated heterocycles. The van der Waals surface area contributed by atoms with Gasteiger partial charge in [0.2, 0.25) is 0 Å². The van der Waals surface area contributed by atoms with Crippen LogP contribution in [0.2, 0.25) is 0 Å². The summed E-state index contributed by atoms with van der Waals surface area (Å²) in [7, 11) is 0. The highest BCUT2D eigenvalue weighted by molar-refractivity contribution is 9.10. The zero-order chi connectivity index (χ0) is 11.8. The van der Waals surface area contributed by atoms with Crippen molar-refractivity contribution in [2.24, 2.45) is 5.73 Å². The van der Waals surface area contributed by atoms with Crippen molar-refractivity contribution < 1.29 is 0 Å². The second kappa shape index (κ2) is 4.42. The molecule has 1 aliphatic carbocycles. The molecule has 1 fully saturated rings. The Balaban J connectivity index is 1.94. The van der Waals surface area contributed by atoms with E-state index >= 15 is 0 Å². The van der Waals surface area contributed by atoms with E-state index in [0.29, 0.717) is 12.0 Å². The minimum absolute atomic E-state index is 0.341. The van der Waals surface area contributed by atoms with Gasteiger partial charge in [-0.15, -0.1) is 0 Å². The number of aromatic nitrogens is 2. The van der Waals surface area contributed by atoms with E-state index in [4.69, 9.17) is 5.73 Å². The van der Waals surface area contributed by atoms with E-state index in [-0.39, 0.29) is 0 Å². The SMILES string of the molecule is NC1CCCC(c2nc3ccc(Br)cc3[nH]2)C1. The lowest BCUT2D eigenvalue weighted by Crippen LogP contribution is -2.27. The van der Waals surface area contributed by atoms with Gasteiger partial charge in [0.25, 0.3) is 0 Å². The first kappa shape index (κ1) is 11.2. The summed E-state index contributed by atoms with van der Waals surface area (Å²) in [4.78, 5) is 8.11. The summed E-state index contributed by atoms with van der Waals surface area (Å²) in [6.07, 6.45) is 4.63. The van der Waals surface area contributed by atoms with E-state index in [1.807, 2.05) is 12.1 Å². The van der Waals surface area contributed by atoms with Gasteiger partial charge in [0.05, 0.1) is 11.0 Å². The molecule has 4 heteroatoms. The molecule has 90 valence electrons. The van der Waals surface area contributed by atoms with Gasteiger partial charge in [0.1, 0.15) is 5.82 Å². The molecule has 3 N–H and O–H groups in total. The first-order valence-electron chi connectivity index (χ1n) is 6.13. The van der Waals surface area contributed by atoms with E-state index < -0.39 is 0 Å². The molecule has 3 rings (SSSR count). The molecule has 0 radical (unpaired) electrons. The lowest BCUT2D eigenvalue weighted by molar-refractivity contribution is 0.384. The van der Waals surface area contributed by atoms with E-state index in [1.165, 1.54) is 12.8 Å². The Kier molecular flexibility index (Phi) is 2.92. The number of imidazole rings is 1. The van der Waals surface area contributed by atoms with Crippen molar-refractivity contribution in [3.05, 3.63) is 28.5 Å². The van der Waals surface area contributed by atoms with Crippen LogP contribution in [-0.4, -0.2) is 16.0 Å². The third kappa shape index (κ3) is 2.24. The van der Waals surface area contributed by atoms with Crippen molar-refractivity contribution in [2.45, 2.75) is 37.6 Å². The summed E-state index contributed by atoms with van der Waals surface area (Å²) in [5.74, 6) is 1.61. The molecular formula is C13H16BrN3. The van der Waals surface area contributed by atoms with Gasteiger partial charge in [-0.3, -0.25) is 0 Å². The van der Waals surface area contributed by atoms with Gasteiger partial charge in [-0.05, 0) is 37.5 Å². The Labute approximate surface area is 109 Å². The first-order chi connectivity index (χ1) is 8.22. The van der Waals surface area contributed by atoms with Gasteiger partial charge >= 0.3 is 0 Å². The number of aromatic amines is 1. The van der Waals surface area contributed by atoms with E-state index in [1.54, 1.807) is 0 Å². The van der Waals surface area contributed by atoms with Gasteiger partial charge < -0.3 is 10.7 Å². The number of H-pyrrole nitrogens is 1. The number of rotatable bonds is 1.